The zero-order valence-electron chi connectivity index (χ0n) is 37.7. The second kappa shape index (κ2) is 18.2. The predicted octanol–water partition coefficient (Wildman–Crippen LogP) is 6.74. The van der Waals surface area contributed by atoms with Crippen molar-refractivity contribution in [3.8, 4) is 17.1 Å². The number of ether oxygens (including phenoxy) is 2. The third-order valence-electron chi connectivity index (χ3n) is 14.4. The van der Waals surface area contributed by atoms with Gasteiger partial charge in [0.1, 0.15) is 17.3 Å². The first-order chi connectivity index (χ1) is 32.3. The number of imidazole rings is 1. The Labute approximate surface area is 384 Å². The number of anilines is 3. The highest BCUT2D eigenvalue weighted by Gasteiger charge is 2.37. The summed E-state index contributed by atoms with van der Waals surface area (Å²) in [7, 11) is 3.28. The van der Waals surface area contributed by atoms with Crippen LogP contribution in [0.4, 0.5) is 34.9 Å². The molecule has 0 unspecified atom stereocenters. The number of piperazine rings is 1. The van der Waals surface area contributed by atoms with Crippen LogP contribution < -0.4 is 25.2 Å². The number of piperidine rings is 2. The predicted molar refractivity (Wildman–Crippen MR) is 241 cm³/mol. The molecule has 2 N–H and O–H groups in total. The maximum atomic E-state index is 15.4. The van der Waals surface area contributed by atoms with Crippen LogP contribution in [0.15, 0.2) is 42.5 Å². The van der Waals surface area contributed by atoms with Crippen LogP contribution in [0.5, 0.6) is 5.88 Å². The number of hydrogen-bond acceptors (Lipinski definition) is 11. The van der Waals surface area contributed by atoms with Crippen molar-refractivity contribution in [3.05, 3.63) is 76.6 Å². The summed E-state index contributed by atoms with van der Waals surface area (Å²) in [5, 5.41) is 9.36. The van der Waals surface area contributed by atoms with E-state index in [-0.39, 0.29) is 65.0 Å². The van der Waals surface area contributed by atoms with E-state index in [4.69, 9.17) is 14.5 Å². The van der Waals surface area contributed by atoms with Gasteiger partial charge in [0.15, 0.2) is 0 Å². The summed E-state index contributed by atoms with van der Waals surface area (Å²) in [4.78, 5) is 54.5. The van der Waals surface area contributed by atoms with Crippen molar-refractivity contribution in [2.24, 2.45) is 18.9 Å². The minimum absolute atomic E-state index is 0.0337. The van der Waals surface area contributed by atoms with Crippen LogP contribution >= 0.6 is 0 Å². The second-order valence-corrected chi connectivity index (χ2v) is 18.7. The van der Waals surface area contributed by atoms with Gasteiger partial charge in [-0.15, -0.1) is 0 Å². The van der Waals surface area contributed by atoms with Crippen LogP contribution in [-0.2, 0) is 27.9 Å². The number of nitrogens with zero attached hydrogens (tertiary/aromatic N) is 8. The van der Waals surface area contributed by atoms with Crippen molar-refractivity contribution in [3.63, 3.8) is 0 Å². The number of benzene rings is 2. The van der Waals surface area contributed by atoms with E-state index in [2.05, 4.69) is 47.2 Å². The van der Waals surface area contributed by atoms with Gasteiger partial charge in [0.05, 0.1) is 47.5 Å². The van der Waals surface area contributed by atoms with Gasteiger partial charge in [-0.05, 0) is 99.7 Å². The Morgan fingerprint density at radius 2 is 1.64 bits per heavy atom. The third-order valence-corrected chi connectivity index (χ3v) is 14.4. The molecule has 67 heavy (non-hydrogen) atoms. The van der Waals surface area contributed by atoms with Gasteiger partial charge in [0.2, 0.25) is 23.6 Å². The lowest BCUT2D eigenvalue weighted by atomic mass is 9.89. The number of carbonyl (C=O) groups excluding carboxylic acids is 3. The molecule has 0 radical (unpaired) electrons. The highest BCUT2D eigenvalue weighted by Crippen LogP contribution is 2.41. The van der Waals surface area contributed by atoms with Crippen molar-refractivity contribution in [1.29, 1.82) is 0 Å². The van der Waals surface area contributed by atoms with Crippen molar-refractivity contribution >= 4 is 46.1 Å². The van der Waals surface area contributed by atoms with Crippen molar-refractivity contribution < 1.29 is 41.4 Å². The Morgan fingerprint density at radius 3 is 2.39 bits per heavy atom. The molecule has 4 bridgehead atoms. The summed E-state index contributed by atoms with van der Waals surface area (Å²) in [6, 6.07) is 12.2. The number of aromatic nitrogens is 5. The van der Waals surface area contributed by atoms with Crippen LogP contribution in [0, 0.1) is 30.4 Å². The molecule has 3 amide bonds. The van der Waals surface area contributed by atoms with Crippen LogP contribution in [0.3, 0.4) is 0 Å². The zero-order valence-corrected chi connectivity index (χ0v) is 37.7. The molecule has 0 spiro atoms. The van der Waals surface area contributed by atoms with E-state index in [1.165, 1.54) is 22.9 Å². The quantitative estimate of drug-likeness (QED) is 0.132. The Bertz CT molecular complexity index is 2710. The molecule has 1 aliphatic carbocycles. The molecule has 5 aromatic rings. The van der Waals surface area contributed by atoms with Gasteiger partial charge in [-0.2, -0.15) is 5.10 Å². The summed E-state index contributed by atoms with van der Waals surface area (Å²) >= 11 is 0. The minimum atomic E-state index is -2.88. The van der Waals surface area contributed by atoms with Crippen LogP contribution in [0.2, 0.25) is 0 Å². The molecular formula is C48H54F4N10O5. The highest BCUT2D eigenvalue weighted by molar-refractivity contribution is 6.05. The van der Waals surface area contributed by atoms with Crippen molar-refractivity contribution in [1.82, 2.24) is 34.5 Å². The van der Waals surface area contributed by atoms with Gasteiger partial charge in [0.25, 0.3) is 12.3 Å². The molecule has 5 aliphatic rings. The number of imide groups is 1. The number of pyridine rings is 1. The number of methoxy groups -OCH3 is 1. The third kappa shape index (κ3) is 8.71. The molecule has 4 aliphatic heterocycles. The van der Waals surface area contributed by atoms with Crippen molar-refractivity contribution in [2.75, 3.05) is 68.2 Å². The Kier molecular flexibility index (Phi) is 12.2. The van der Waals surface area contributed by atoms with Crippen molar-refractivity contribution in [2.45, 2.75) is 82.8 Å². The molecule has 3 saturated heterocycles. The van der Waals surface area contributed by atoms with E-state index in [0.29, 0.717) is 56.7 Å². The van der Waals surface area contributed by atoms with Crippen LogP contribution in [0.1, 0.15) is 84.6 Å². The SMILES string of the molecule is COC[C@@H]1CN(c2ccc3nc4n(c3c2)C[C@@H]2CC[C@H](COc3c(c(C(F)F)nn3C)-c3cc(cc(C)n3)C(=O)N4)C2)CCN1C1CCN(c2cc(F)c([C@H]3CCC(=O)NC3=O)c(F)c2)CC1. The topological polar surface area (TPSA) is 152 Å². The molecule has 1 saturated carbocycles. The zero-order chi connectivity index (χ0) is 46.7. The first-order valence-corrected chi connectivity index (χ1v) is 23.2. The lowest BCUT2D eigenvalue weighted by molar-refractivity contribution is -0.134. The lowest BCUT2D eigenvalue weighted by Crippen LogP contribution is -2.60. The van der Waals surface area contributed by atoms with Gasteiger partial charge in [0, 0.05) is 94.1 Å². The number of fused-ring (bicyclic) bond motifs is 9. The number of aryl methyl sites for hydroxylation is 2. The van der Waals surface area contributed by atoms with Gasteiger partial charge < -0.3 is 23.8 Å². The Morgan fingerprint density at radius 1 is 0.866 bits per heavy atom. The molecule has 7 heterocycles. The fourth-order valence-corrected chi connectivity index (χ4v) is 11.2. The maximum Gasteiger partial charge on any atom is 0.282 e. The first kappa shape index (κ1) is 44.7. The standard InChI is InChI=1S/C48H54F4N10O5/c1-26-16-29-18-38(53-26)42-43(44(51)52)57-58(2)47(42)67-24-28-5-4-27(17-28)22-62-39-21-31(6-8-37(39)54-48(62)56-45(29)64)60-14-15-61(33(23-60)25-66-3)30-10-12-59(13-11-30)32-19-35(49)41(36(50)20-32)34-7-9-40(63)55-46(34)65/h6,8,16,18-21,27-28,30,33-34,44H,4-5,7,9-15,17,22-25H2,1-3H3,(H,54,56,64)(H,55,63,65)/t27-,28+,33+,34-/m1/s1. The van der Waals surface area contributed by atoms with Gasteiger partial charge in [-0.1, -0.05) is 0 Å². The van der Waals surface area contributed by atoms with E-state index in [9.17, 15) is 23.2 Å². The van der Waals surface area contributed by atoms with Gasteiger partial charge >= 0.3 is 0 Å². The summed E-state index contributed by atoms with van der Waals surface area (Å²) < 4.78 is 75.2. The number of rotatable bonds is 7. The van der Waals surface area contributed by atoms with Crippen LogP contribution in [-0.4, -0.2) is 112 Å². The number of halogens is 4. The van der Waals surface area contributed by atoms with E-state index in [1.54, 1.807) is 27.1 Å². The largest absolute Gasteiger partial charge is 0.477 e. The number of amides is 3. The molecule has 2 aromatic carbocycles. The Balaban J connectivity index is 0.870. The summed E-state index contributed by atoms with van der Waals surface area (Å²) in [5.74, 6) is -3.13. The number of nitrogens with one attached hydrogen (secondary N) is 2. The number of carbonyl (C=O) groups is 3. The van der Waals surface area contributed by atoms with E-state index in [1.807, 2.05) is 11.0 Å². The van der Waals surface area contributed by atoms with Crippen LogP contribution in [0.25, 0.3) is 22.3 Å². The molecule has 19 heteroatoms. The molecule has 3 aromatic heterocycles. The summed E-state index contributed by atoms with van der Waals surface area (Å²) in [6.07, 6.45) is 1.45. The number of hydrogen-bond donors (Lipinski definition) is 2. The van der Waals surface area contributed by atoms with Gasteiger partial charge in [-0.25, -0.2) is 27.2 Å². The molecule has 4 atom stereocenters. The van der Waals surface area contributed by atoms with E-state index in [0.717, 1.165) is 61.9 Å². The fourth-order valence-electron chi connectivity index (χ4n) is 11.2. The smallest absolute Gasteiger partial charge is 0.282 e. The van der Waals surface area contributed by atoms with E-state index >= 15 is 8.78 Å². The highest BCUT2D eigenvalue weighted by atomic mass is 19.3. The molecule has 354 valence electrons. The molecule has 4 fully saturated rings. The monoisotopic (exact) mass is 926 g/mol. The maximum absolute atomic E-state index is 15.4. The molecule has 15 nitrogen and oxygen atoms in total. The summed E-state index contributed by atoms with van der Waals surface area (Å²) in [6.45, 7) is 6.60. The fraction of sp³-hybridized carbons (Fsp3) is 0.500. The second-order valence-electron chi connectivity index (χ2n) is 18.7. The Hall–Kier alpha value is -6.08. The number of alkyl halides is 2. The van der Waals surface area contributed by atoms with E-state index < -0.39 is 47.4 Å². The average molecular weight is 927 g/mol. The molecular weight excluding hydrogens is 873 g/mol. The first-order valence-electron chi connectivity index (χ1n) is 23.2. The lowest BCUT2D eigenvalue weighted by Gasteiger charge is -2.48. The van der Waals surface area contributed by atoms with Gasteiger partial charge in [-0.3, -0.25) is 34.9 Å². The molecule has 10 rings (SSSR count). The summed E-state index contributed by atoms with van der Waals surface area (Å²) in [5.41, 5.74) is 3.31. The normalized spacial score (nSPS) is 23.1. The average Bonchev–Trinajstić information content (AvgIpc) is 4.00. The minimum Gasteiger partial charge on any atom is -0.477 e.